The standard InChI is InChI=1S/C19H19ClN4O/c20-16-8-6-15(7-9-16)19-21-18(25-22-19)14-23-10-12-24(13-11-23)17-4-2-1-3-5-17/h1-9H,10-14H2/p+1. The molecule has 0 bridgehead atoms. The lowest BCUT2D eigenvalue weighted by atomic mass is 10.2. The lowest BCUT2D eigenvalue weighted by Crippen LogP contribution is -3.13. The van der Waals surface area contributed by atoms with Gasteiger partial charge < -0.3 is 14.3 Å². The van der Waals surface area contributed by atoms with Gasteiger partial charge in [-0.25, -0.2) is 0 Å². The predicted molar refractivity (Wildman–Crippen MR) is 97.8 cm³/mol. The summed E-state index contributed by atoms with van der Waals surface area (Å²) in [4.78, 5) is 8.42. The molecule has 25 heavy (non-hydrogen) atoms. The Kier molecular flexibility index (Phi) is 4.68. The van der Waals surface area contributed by atoms with E-state index >= 15 is 0 Å². The second-order valence-electron chi connectivity index (χ2n) is 6.27. The number of anilines is 1. The van der Waals surface area contributed by atoms with E-state index in [-0.39, 0.29) is 0 Å². The van der Waals surface area contributed by atoms with E-state index in [0.717, 1.165) is 38.3 Å². The first-order chi connectivity index (χ1) is 12.3. The van der Waals surface area contributed by atoms with Crippen molar-refractivity contribution in [3.8, 4) is 11.4 Å². The first-order valence-corrected chi connectivity index (χ1v) is 8.88. The molecule has 5 nitrogen and oxygen atoms in total. The van der Waals surface area contributed by atoms with Gasteiger partial charge >= 0.3 is 0 Å². The molecule has 128 valence electrons. The summed E-state index contributed by atoms with van der Waals surface area (Å²) in [5.74, 6) is 1.31. The third-order valence-corrected chi connectivity index (χ3v) is 4.82. The van der Waals surface area contributed by atoms with Crippen LogP contribution in [0.3, 0.4) is 0 Å². The van der Waals surface area contributed by atoms with Crippen LogP contribution in [-0.2, 0) is 6.54 Å². The minimum atomic E-state index is 0.619. The van der Waals surface area contributed by atoms with E-state index in [1.165, 1.54) is 10.6 Å². The summed E-state index contributed by atoms with van der Waals surface area (Å²) < 4.78 is 5.43. The van der Waals surface area contributed by atoms with Crippen molar-refractivity contribution in [1.29, 1.82) is 0 Å². The van der Waals surface area contributed by atoms with Crippen LogP contribution in [0.1, 0.15) is 5.89 Å². The Morgan fingerprint density at radius 1 is 1.00 bits per heavy atom. The lowest BCUT2D eigenvalue weighted by molar-refractivity contribution is -0.915. The second kappa shape index (κ2) is 7.25. The van der Waals surface area contributed by atoms with E-state index < -0.39 is 0 Å². The van der Waals surface area contributed by atoms with Crippen molar-refractivity contribution in [2.24, 2.45) is 0 Å². The van der Waals surface area contributed by atoms with Crippen molar-refractivity contribution in [3.63, 3.8) is 0 Å². The second-order valence-corrected chi connectivity index (χ2v) is 6.70. The van der Waals surface area contributed by atoms with E-state index in [0.29, 0.717) is 16.7 Å². The number of quaternary nitrogens is 1. The van der Waals surface area contributed by atoms with Gasteiger partial charge in [-0.2, -0.15) is 4.98 Å². The van der Waals surface area contributed by atoms with Crippen LogP contribution in [0.2, 0.25) is 5.02 Å². The average molecular weight is 356 g/mol. The summed E-state index contributed by atoms with van der Waals surface area (Å²) in [6.45, 7) is 4.97. The van der Waals surface area contributed by atoms with Gasteiger partial charge in [-0.1, -0.05) is 35.0 Å². The zero-order valence-electron chi connectivity index (χ0n) is 13.9. The highest BCUT2D eigenvalue weighted by Gasteiger charge is 2.22. The Hall–Kier alpha value is -2.37. The van der Waals surface area contributed by atoms with Crippen LogP contribution >= 0.6 is 11.6 Å². The molecule has 0 unspecified atom stereocenters. The number of piperazine rings is 1. The molecule has 0 amide bonds. The molecule has 0 aliphatic carbocycles. The molecule has 1 aliphatic heterocycles. The predicted octanol–water partition coefficient (Wildman–Crippen LogP) is 2.30. The van der Waals surface area contributed by atoms with E-state index in [1.54, 1.807) is 0 Å². The van der Waals surface area contributed by atoms with Gasteiger partial charge in [0.25, 0.3) is 5.89 Å². The fraction of sp³-hybridized carbons (Fsp3) is 0.263. The van der Waals surface area contributed by atoms with Gasteiger partial charge in [-0.3, -0.25) is 0 Å². The molecule has 1 fully saturated rings. The number of aromatic nitrogens is 2. The monoisotopic (exact) mass is 355 g/mol. The molecule has 0 spiro atoms. The molecular formula is C19H20ClN4O+. The van der Waals surface area contributed by atoms with E-state index in [2.05, 4.69) is 45.4 Å². The van der Waals surface area contributed by atoms with Gasteiger partial charge in [-0.15, -0.1) is 0 Å². The SMILES string of the molecule is Clc1ccc(-c2noc(C[NH+]3CCN(c4ccccc4)CC3)n2)cc1. The van der Waals surface area contributed by atoms with Crippen molar-refractivity contribution >= 4 is 17.3 Å². The zero-order chi connectivity index (χ0) is 17.1. The number of benzene rings is 2. The number of nitrogens with one attached hydrogen (secondary N) is 1. The number of halogens is 1. The summed E-state index contributed by atoms with van der Waals surface area (Å²) in [5.41, 5.74) is 2.22. The highest BCUT2D eigenvalue weighted by atomic mass is 35.5. The topological polar surface area (TPSA) is 46.6 Å². The highest BCUT2D eigenvalue weighted by Crippen LogP contribution is 2.18. The summed E-state index contributed by atoms with van der Waals surface area (Å²) >= 11 is 5.92. The Morgan fingerprint density at radius 2 is 1.72 bits per heavy atom. The van der Waals surface area contributed by atoms with Gasteiger partial charge in [0.05, 0.1) is 26.2 Å². The van der Waals surface area contributed by atoms with Crippen molar-refractivity contribution in [3.05, 3.63) is 65.5 Å². The van der Waals surface area contributed by atoms with Crippen molar-refractivity contribution in [1.82, 2.24) is 10.1 Å². The number of hydrogen-bond acceptors (Lipinski definition) is 4. The molecule has 0 atom stereocenters. The zero-order valence-corrected chi connectivity index (χ0v) is 14.6. The van der Waals surface area contributed by atoms with Crippen LogP contribution in [0.15, 0.2) is 59.1 Å². The van der Waals surface area contributed by atoms with Gasteiger partial charge in [0.15, 0.2) is 6.54 Å². The fourth-order valence-electron chi connectivity index (χ4n) is 3.15. The van der Waals surface area contributed by atoms with Crippen LogP contribution in [-0.4, -0.2) is 36.3 Å². The third kappa shape index (κ3) is 3.83. The van der Waals surface area contributed by atoms with Gasteiger partial charge in [0.1, 0.15) is 0 Å². The maximum absolute atomic E-state index is 5.92. The maximum Gasteiger partial charge on any atom is 0.282 e. The average Bonchev–Trinajstić information content (AvgIpc) is 3.12. The normalized spacial score (nSPS) is 15.5. The maximum atomic E-state index is 5.92. The van der Waals surface area contributed by atoms with E-state index in [4.69, 9.17) is 16.1 Å². The van der Waals surface area contributed by atoms with Crippen molar-refractivity contribution < 1.29 is 9.42 Å². The number of nitrogens with zero attached hydrogens (tertiary/aromatic N) is 3. The van der Waals surface area contributed by atoms with Gasteiger partial charge in [0, 0.05) is 16.3 Å². The van der Waals surface area contributed by atoms with Gasteiger partial charge in [0.2, 0.25) is 5.82 Å². The number of rotatable bonds is 4. The summed E-state index contributed by atoms with van der Waals surface area (Å²) in [5, 5.41) is 4.79. The summed E-state index contributed by atoms with van der Waals surface area (Å²) in [6.07, 6.45) is 0. The Morgan fingerprint density at radius 3 is 2.44 bits per heavy atom. The molecule has 1 saturated heterocycles. The molecule has 0 radical (unpaired) electrons. The minimum Gasteiger partial charge on any atom is -0.360 e. The Balaban J connectivity index is 1.35. The Labute approximate surface area is 151 Å². The van der Waals surface area contributed by atoms with Crippen LogP contribution < -0.4 is 9.80 Å². The van der Waals surface area contributed by atoms with Crippen molar-refractivity contribution in [2.45, 2.75) is 6.54 Å². The van der Waals surface area contributed by atoms with Crippen LogP contribution in [0.4, 0.5) is 5.69 Å². The van der Waals surface area contributed by atoms with Crippen LogP contribution in [0.25, 0.3) is 11.4 Å². The molecule has 6 heteroatoms. The molecule has 2 heterocycles. The first kappa shape index (κ1) is 16.1. The molecular weight excluding hydrogens is 336 g/mol. The number of hydrogen-bond donors (Lipinski definition) is 1. The summed E-state index contributed by atoms with van der Waals surface area (Å²) in [6, 6.07) is 18.0. The quantitative estimate of drug-likeness (QED) is 0.780. The van der Waals surface area contributed by atoms with Crippen LogP contribution in [0.5, 0.6) is 0 Å². The van der Waals surface area contributed by atoms with Crippen LogP contribution in [0, 0.1) is 0 Å². The minimum absolute atomic E-state index is 0.619. The lowest BCUT2D eigenvalue weighted by Gasteiger charge is -2.33. The largest absolute Gasteiger partial charge is 0.360 e. The van der Waals surface area contributed by atoms with Gasteiger partial charge in [-0.05, 0) is 36.4 Å². The molecule has 2 aromatic carbocycles. The molecule has 4 rings (SSSR count). The fourth-order valence-corrected chi connectivity index (χ4v) is 3.28. The third-order valence-electron chi connectivity index (χ3n) is 4.56. The molecule has 1 aromatic heterocycles. The summed E-state index contributed by atoms with van der Waals surface area (Å²) in [7, 11) is 0. The molecule has 0 saturated carbocycles. The molecule has 1 N–H and O–H groups in total. The van der Waals surface area contributed by atoms with Crippen molar-refractivity contribution in [2.75, 3.05) is 31.1 Å². The Bertz CT molecular complexity index is 811. The van der Waals surface area contributed by atoms with E-state index in [9.17, 15) is 0 Å². The highest BCUT2D eigenvalue weighted by molar-refractivity contribution is 6.30. The molecule has 3 aromatic rings. The smallest absolute Gasteiger partial charge is 0.282 e. The van der Waals surface area contributed by atoms with E-state index in [1.807, 2.05) is 24.3 Å². The number of para-hydroxylation sites is 1. The first-order valence-electron chi connectivity index (χ1n) is 8.50. The molecule has 1 aliphatic rings.